The fourth-order valence-corrected chi connectivity index (χ4v) is 9.61. The second-order valence-corrected chi connectivity index (χ2v) is 16.0. The maximum absolute atomic E-state index is 6.53. The second-order valence-electron chi connectivity index (χ2n) is 16.0. The molecule has 0 unspecified atom stereocenters. The zero-order chi connectivity index (χ0) is 41.4. The van der Waals surface area contributed by atoms with Crippen molar-refractivity contribution >= 4 is 65.6 Å². The third-order valence-corrected chi connectivity index (χ3v) is 12.4. The van der Waals surface area contributed by atoms with E-state index < -0.39 is 0 Å². The maximum Gasteiger partial charge on any atom is 0.164 e. The van der Waals surface area contributed by atoms with E-state index in [2.05, 4.69) is 179 Å². The largest absolute Gasteiger partial charge is 0.456 e. The molecule has 0 aliphatic rings. The number of furan rings is 1. The van der Waals surface area contributed by atoms with Crippen LogP contribution in [-0.2, 0) is 0 Å². The van der Waals surface area contributed by atoms with Crippen LogP contribution in [0.25, 0.3) is 122 Å². The molecule has 0 saturated heterocycles. The van der Waals surface area contributed by atoms with Crippen molar-refractivity contribution < 1.29 is 4.42 Å². The lowest BCUT2D eigenvalue weighted by Gasteiger charge is -2.12. The highest BCUT2D eigenvalue weighted by molar-refractivity contribution is 6.29. The van der Waals surface area contributed by atoms with E-state index in [1.54, 1.807) is 0 Å². The van der Waals surface area contributed by atoms with Gasteiger partial charge in [0.25, 0.3) is 0 Å². The van der Waals surface area contributed by atoms with Crippen molar-refractivity contribution in [1.82, 2.24) is 24.1 Å². The summed E-state index contributed by atoms with van der Waals surface area (Å²) in [6.07, 6.45) is 0. The van der Waals surface area contributed by atoms with Crippen LogP contribution in [-0.4, -0.2) is 24.1 Å². The molecular weight excluding hydrogens is 771 g/mol. The molecule has 0 radical (unpaired) electrons. The number of fused-ring (bicyclic) bond motifs is 10. The molecule has 0 bridgehead atoms. The molecule has 294 valence electrons. The Labute approximate surface area is 361 Å². The van der Waals surface area contributed by atoms with Gasteiger partial charge in [-0.1, -0.05) is 146 Å². The number of nitrogens with zero attached hydrogens (tertiary/aromatic N) is 5. The number of benzene rings is 9. The van der Waals surface area contributed by atoms with Crippen LogP contribution >= 0.6 is 0 Å². The van der Waals surface area contributed by atoms with Crippen molar-refractivity contribution in [3.63, 3.8) is 0 Å². The van der Waals surface area contributed by atoms with Crippen molar-refractivity contribution in [2.24, 2.45) is 0 Å². The molecule has 6 heteroatoms. The molecule has 0 atom stereocenters. The minimum atomic E-state index is 0.573. The summed E-state index contributed by atoms with van der Waals surface area (Å²) in [5.74, 6) is 1.76. The van der Waals surface area contributed by atoms with Gasteiger partial charge < -0.3 is 13.6 Å². The zero-order valence-electron chi connectivity index (χ0n) is 33.9. The molecule has 0 spiro atoms. The lowest BCUT2D eigenvalue weighted by Crippen LogP contribution is -2.01. The Kier molecular flexibility index (Phi) is 7.80. The van der Waals surface area contributed by atoms with E-state index in [9.17, 15) is 0 Å². The molecular formula is C57H35N5O. The van der Waals surface area contributed by atoms with E-state index in [1.165, 1.54) is 32.6 Å². The predicted molar refractivity (Wildman–Crippen MR) is 258 cm³/mol. The first-order valence-electron chi connectivity index (χ1n) is 21.2. The van der Waals surface area contributed by atoms with Gasteiger partial charge in [0, 0.05) is 60.4 Å². The average Bonchev–Trinajstić information content (AvgIpc) is 4.02. The SMILES string of the molecule is c1ccc(-c2nc(-c3cccc(-n4c5ccccc5c5c6c7ccccc7n(-c7ccccc7)c6ccc54)c3)nc(-c3ccc4c(c3)oc3cccc(-c5ccccc5)c34)n2)cc1. The Bertz CT molecular complexity index is 3900. The number of para-hydroxylation sites is 3. The molecule has 0 N–H and O–H groups in total. The molecule has 0 aliphatic heterocycles. The molecule has 0 aliphatic carbocycles. The van der Waals surface area contributed by atoms with E-state index >= 15 is 0 Å². The van der Waals surface area contributed by atoms with Gasteiger partial charge >= 0.3 is 0 Å². The van der Waals surface area contributed by atoms with Gasteiger partial charge in [0.05, 0.1) is 22.1 Å². The van der Waals surface area contributed by atoms with Crippen molar-refractivity contribution in [2.75, 3.05) is 0 Å². The van der Waals surface area contributed by atoms with Crippen LogP contribution in [0.1, 0.15) is 0 Å². The highest BCUT2D eigenvalue weighted by Gasteiger charge is 2.22. The van der Waals surface area contributed by atoms with Crippen molar-refractivity contribution in [3.05, 3.63) is 212 Å². The van der Waals surface area contributed by atoms with Crippen LogP contribution in [0, 0.1) is 0 Å². The fraction of sp³-hybridized carbons (Fsp3) is 0. The van der Waals surface area contributed by atoms with Crippen LogP contribution in [0.4, 0.5) is 0 Å². The average molecular weight is 806 g/mol. The number of rotatable bonds is 6. The number of hydrogen-bond donors (Lipinski definition) is 0. The van der Waals surface area contributed by atoms with Gasteiger partial charge in [0.2, 0.25) is 0 Å². The third kappa shape index (κ3) is 5.55. The molecule has 9 aromatic carbocycles. The normalized spacial score (nSPS) is 11.8. The van der Waals surface area contributed by atoms with Crippen LogP contribution in [0.5, 0.6) is 0 Å². The lowest BCUT2D eigenvalue weighted by molar-refractivity contribution is 0.669. The summed E-state index contributed by atoms with van der Waals surface area (Å²) >= 11 is 0. The summed E-state index contributed by atoms with van der Waals surface area (Å²) in [5.41, 5.74) is 13.3. The Morgan fingerprint density at radius 3 is 1.48 bits per heavy atom. The van der Waals surface area contributed by atoms with Gasteiger partial charge in [-0.05, 0) is 77.9 Å². The number of hydrogen-bond acceptors (Lipinski definition) is 4. The number of aromatic nitrogens is 5. The third-order valence-electron chi connectivity index (χ3n) is 12.4. The first kappa shape index (κ1) is 35.2. The Hall–Kier alpha value is -8.61. The summed E-state index contributed by atoms with van der Waals surface area (Å²) in [7, 11) is 0. The summed E-state index contributed by atoms with van der Waals surface area (Å²) < 4.78 is 11.3. The first-order valence-corrected chi connectivity index (χ1v) is 21.2. The van der Waals surface area contributed by atoms with Crippen LogP contribution in [0.3, 0.4) is 0 Å². The highest BCUT2D eigenvalue weighted by atomic mass is 16.3. The molecule has 63 heavy (non-hydrogen) atoms. The summed E-state index contributed by atoms with van der Waals surface area (Å²) in [6.45, 7) is 0. The van der Waals surface area contributed by atoms with Gasteiger partial charge in [-0.15, -0.1) is 0 Å². The molecule has 13 aromatic rings. The van der Waals surface area contributed by atoms with Crippen molar-refractivity contribution in [2.45, 2.75) is 0 Å². The molecule has 13 rings (SSSR count). The maximum atomic E-state index is 6.53. The zero-order valence-corrected chi connectivity index (χ0v) is 33.9. The first-order chi connectivity index (χ1) is 31.2. The molecule has 0 saturated carbocycles. The molecule has 0 amide bonds. The minimum Gasteiger partial charge on any atom is -0.456 e. The van der Waals surface area contributed by atoms with Crippen molar-refractivity contribution in [3.8, 4) is 56.7 Å². The quantitative estimate of drug-likeness (QED) is 0.168. The van der Waals surface area contributed by atoms with Gasteiger partial charge in [0.15, 0.2) is 17.5 Å². The van der Waals surface area contributed by atoms with Gasteiger partial charge in [-0.2, -0.15) is 0 Å². The van der Waals surface area contributed by atoms with Crippen LogP contribution < -0.4 is 0 Å². The second kappa shape index (κ2) is 14.0. The monoisotopic (exact) mass is 805 g/mol. The Morgan fingerprint density at radius 1 is 0.302 bits per heavy atom. The summed E-state index contributed by atoms with van der Waals surface area (Å²) in [5, 5.41) is 7.03. The van der Waals surface area contributed by atoms with E-state index in [-0.39, 0.29) is 0 Å². The summed E-state index contributed by atoms with van der Waals surface area (Å²) in [4.78, 5) is 15.4. The van der Waals surface area contributed by atoms with Crippen molar-refractivity contribution in [1.29, 1.82) is 0 Å². The van der Waals surface area contributed by atoms with Gasteiger partial charge in [-0.3, -0.25) is 0 Å². The van der Waals surface area contributed by atoms with Gasteiger partial charge in [-0.25, -0.2) is 15.0 Å². The Morgan fingerprint density at radius 2 is 0.810 bits per heavy atom. The molecule has 4 heterocycles. The molecule has 6 nitrogen and oxygen atoms in total. The minimum absolute atomic E-state index is 0.573. The predicted octanol–water partition coefficient (Wildman–Crippen LogP) is 14.6. The van der Waals surface area contributed by atoms with Crippen LogP contribution in [0.15, 0.2) is 217 Å². The van der Waals surface area contributed by atoms with E-state index in [0.717, 1.165) is 72.2 Å². The van der Waals surface area contributed by atoms with E-state index in [4.69, 9.17) is 19.4 Å². The van der Waals surface area contributed by atoms with Crippen LogP contribution in [0.2, 0.25) is 0 Å². The van der Waals surface area contributed by atoms with E-state index in [0.29, 0.717) is 17.5 Å². The fourth-order valence-electron chi connectivity index (χ4n) is 9.61. The summed E-state index contributed by atoms with van der Waals surface area (Å²) in [6, 6.07) is 74.3. The highest BCUT2D eigenvalue weighted by Crippen LogP contribution is 2.43. The van der Waals surface area contributed by atoms with E-state index in [1.807, 2.05) is 42.5 Å². The molecule has 4 aromatic heterocycles. The smallest absolute Gasteiger partial charge is 0.164 e. The van der Waals surface area contributed by atoms with Gasteiger partial charge in [0.1, 0.15) is 11.2 Å². The topological polar surface area (TPSA) is 61.7 Å². The lowest BCUT2D eigenvalue weighted by atomic mass is 9.99. The standard InChI is InChI=1S/C57H35N5O/c1-4-16-36(17-5-1)42-26-15-29-50-52(42)45-31-30-39(35-51(45)63-50)57-59-55(37-18-6-2-7-19-37)58-56(60-57)38-20-14-23-41(34-38)62-47-28-13-11-25-44(47)54-49(62)33-32-48-53(54)43-24-10-12-27-46(43)61(48)40-21-8-3-9-22-40/h1-35H. The Balaban J connectivity index is 0.990. The molecule has 0 fully saturated rings.